The molecule has 12 rings (SSSR count). The fourth-order valence-electron chi connectivity index (χ4n) is 12.0. The molecule has 0 saturated carbocycles. The Hall–Kier alpha value is -7.56. The second-order valence-electron chi connectivity index (χ2n) is 24.4. The zero-order chi connectivity index (χ0) is 56.0. The highest BCUT2D eigenvalue weighted by molar-refractivity contribution is 7.00. The van der Waals surface area contributed by atoms with E-state index in [1.54, 1.807) is 0 Å². The third kappa shape index (κ3) is 7.71. The summed E-state index contributed by atoms with van der Waals surface area (Å²) in [7, 11) is 0. The Morgan fingerprint density at radius 2 is 1.03 bits per heavy atom. The minimum absolute atomic E-state index is 0.0136. The molecule has 9 aromatic carbocycles. The molecule has 366 valence electrons. The van der Waals surface area contributed by atoms with Crippen molar-refractivity contribution < 1.29 is 6.85 Å². The summed E-state index contributed by atoms with van der Waals surface area (Å²) in [5.74, 6) is 0. The minimum Gasteiger partial charge on any atom is -0.311 e. The van der Waals surface area contributed by atoms with Gasteiger partial charge in [-0.05, 0) is 162 Å². The van der Waals surface area contributed by atoms with Crippen molar-refractivity contribution in [3.63, 3.8) is 0 Å². The summed E-state index contributed by atoms with van der Waals surface area (Å²) in [6.45, 7) is 26.9. The van der Waals surface area contributed by atoms with Crippen LogP contribution in [0.2, 0.25) is 0 Å². The number of para-hydroxylation sites is 2. The fourth-order valence-corrected chi connectivity index (χ4v) is 12.0. The Morgan fingerprint density at radius 1 is 0.459 bits per heavy atom. The molecular weight excluding hydrogens is 894 g/mol. The zero-order valence-corrected chi connectivity index (χ0v) is 45.0. The van der Waals surface area contributed by atoms with Gasteiger partial charge in [-0.2, -0.15) is 0 Å². The van der Waals surface area contributed by atoms with Crippen molar-refractivity contribution >= 4 is 74.3 Å². The first-order valence-electron chi connectivity index (χ1n) is 28.8. The van der Waals surface area contributed by atoms with Crippen LogP contribution in [0.15, 0.2) is 194 Å². The van der Waals surface area contributed by atoms with Crippen molar-refractivity contribution in [3.8, 4) is 22.3 Å². The van der Waals surface area contributed by atoms with Crippen LogP contribution in [0.1, 0.15) is 116 Å². The normalized spacial score (nSPS) is 15.2. The lowest BCUT2D eigenvalue weighted by Gasteiger charge is -2.45. The zero-order valence-electron chi connectivity index (χ0n) is 50.0. The third-order valence-electron chi connectivity index (χ3n) is 16.1. The average Bonchev–Trinajstić information content (AvgIpc) is 3.15. The van der Waals surface area contributed by atoms with Gasteiger partial charge < -0.3 is 14.7 Å². The van der Waals surface area contributed by atoms with E-state index < -0.39 is 18.1 Å². The van der Waals surface area contributed by atoms with Crippen LogP contribution in [-0.2, 0) is 21.7 Å². The first-order chi connectivity index (χ1) is 37.3. The van der Waals surface area contributed by atoms with Crippen molar-refractivity contribution in [2.75, 3.05) is 14.7 Å². The van der Waals surface area contributed by atoms with Crippen LogP contribution in [0.5, 0.6) is 0 Å². The molecule has 0 saturated heterocycles. The van der Waals surface area contributed by atoms with E-state index in [0.717, 1.165) is 56.3 Å². The fraction of sp³-hybridized carbons (Fsp3) is 0.229. The SMILES string of the molecule is [2H]c1c([2H])c([2H])c(N(c2ccc3c(c2)N(c2ccc4c(c2)C(C)(C)c2ccccc2-4)c2cc(C)cc4c2B3c2cc(C(C)(C)C)ccc2N4c2ccc(C(C)(C)C)cc2)c2ccccc2-c2ccc(C(C)(C)C)cc2)c([2H])c1[2H]. The lowest BCUT2D eigenvalue weighted by atomic mass is 9.33. The second-order valence-corrected chi connectivity index (χ2v) is 24.4. The maximum absolute atomic E-state index is 9.63. The monoisotopic (exact) mass is 967 g/mol. The van der Waals surface area contributed by atoms with E-state index in [9.17, 15) is 2.74 Å². The van der Waals surface area contributed by atoms with E-state index in [4.69, 9.17) is 4.11 Å². The summed E-state index contributed by atoms with van der Waals surface area (Å²) >= 11 is 0. The molecule has 0 aromatic heterocycles. The van der Waals surface area contributed by atoms with Crippen LogP contribution in [0.3, 0.4) is 0 Å². The molecule has 1 aliphatic carbocycles. The van der Waals surface area contributed by atoms with E-state index in [2.05, 4.69) is 238 Å². The molecule has 2 aliphatic heterocycles. The maximum atomic E-state index is 9.63. The van der Waals surface area contributed by atoms with Crippen molar-refractivity contribution in [1.82, 2.24) is 0 Å². The van der Waals surface area contributed by atoms with Gasteiger partial charge in [0.2, 0.25) is 0 Å². The molecule has 2 heterocycles. The van der Waals surface area contributed by atoms with E-state index in [1.165, 1.54) is 49.9 Å². The number of anilines is 9. The van der Waals surface area contributed by atoms with Gasteiger partial charge in [0.25, 0.3) is 6.71 Å². The molecule has 4 heteroatoms. The highest BCUT2D eigenvalue weighted by atomic mass is 15.2. The Balaban J connectivity index is 1.17. The molecule has 3 nitrogen and oxygen atoms in total. The molecule has 0 atom stereocenters. The van der Waals surface area contributed by atoms with Crippen molar-refractivity contribution in [1.29, 1.82) is 0 Å². The van der Waals surface area contributed by atoms with Crippen LogP contribution in [-0.4, -0.2) is 6.71 Å². The second kappa shape index (κ2) is 17.0. The summed E-state index contributed by atoms with van der Waals surface area (Å²) in [5.41, 5.74) is 22.5. The van der Waals surface area contributed by atoms with Crippen molar-refractivity contribution in [2.24, 2.45) is 0 Å². The quantitative estimate of drug-likeness (QED) is 0.154. The third-order valence-corrected chi connectivity index (χ3v) is 16.1. The van der Waals surface area contributed by atoms with Gasteiger partial charge in [0, 0.05) is 56.5 Å². The van der Waals surface area contributed by atoms with Crippen molar-refractivity contribution in [3.05, 3.63) is 227 Å². The highest BCUT2D eigenvalue weighted by Gasteiger charge is 2.45. The summed E-state index contributed by atoms with van der Waals surface area (Å²) in [6.07, 6.45) is 0. The first-order valence-corrected chi connectivity index (χ1v) is 26.3. The van der Waals surface area contributed by atoms with Gasteiger partial charge in [-0.25, -0.2) is 0 Å². The van der Waals surface area contributed by atoms with Crippen molar-refractivity contribution in [2.45, 2.75) is 105 Å². The number of fused-ring (bicyclic) bond motifs is 7. The number of hydrogen-bond acceptors (Lipinski definition) is 3. The molecule has 0 bridgehead atoms. The van der Waals surface area contributed by atoms with Gasteiger partial charge in [-0.1, -0.05) is 197 Å². The predicted octanol–water partition coefficient (Wildman–Crippen LogP) is 17.4. The number of aryl methyl sites for hydroxylation is 1. The van der Waals surface area contributed by atoms with Gasteiger partial charge in [-0.3, -0.25) is 0 Å². The lowest BCUT2D eigenvalue weighted by Crippen LogP contribution is -2.61. The minimum atomic E-state index is -0.435. The summed E-state index contributed by atoms with van der Waals surface area (Å²) < 4.78 is 46.1. The maximum Gasteiger partial charge on any atom is 0.252 e. The standard InChI is InChI=1S/C70H68BN3/c1-45-40-64-66-65(41-45)74(52-35-37-56-55-23-16-18-24-57(55)70(11,12)58(56)43-52)63-44-53(72(50-20-14-13-15-21-50)61-25-19-17-22-54(61)46-26-28-47(29-27-46)67(2,3)4)36-38-59(63)71(66)60-42-49(69(8,9)10)32-39-62(60)73(64)51-33-30-48(31-34-51)68(5,6)7/h13-44H,1-12H3/i13D,14D,15D,20D,21D. The molecule has 0 unspecified atom stereocenters. The summed E-state index contributed by atoms with van der Waals surface area (Å²) in [6, 6.07) is 58.0. The summed E-state index contributed by atoms with van der Waals surface area (Å²) in [5, 5.41) is 0. The van der Waals surface area contributed by atoms with Crippen LogP contribution in [0.4, 0.5) is 51.2 Å². The number of hydrogen-bond donors (Lipinski definition) is 0. The topological polar surface area (TPSA) is 9.72 Å². The Bertz CT molecular complexity index is 3940. The lowest BCUT2D eigenvalue weighted by molar-refractivity contribution is 0.590. The average molecular weight is 967 g/mol. The number of nitrogens with zero attached hydrogens (tertiary/aromatic N) is 3. The van der Waals surface area contributed by atoms with Crippen LogP contribution in [0, 0.1) is 6.92 Å². The van der Waals surface area contributed by atoms with Gasteiger partial charge in [0.1, 0.15) is 0 Å². The van der Waals surface area contributed by atoms with E-state index >= 15 is 0 Å². The van der Waals surface area contributed by atoms with Gasteiger partial charge in [-0.15, -0.1) is 0 Å². The predicted molar refractivity (Wildman–Crippen MR) is 319 cm³/mol. The van der Waals surface area contributed by atoms with Crippen LogP contribution < -0.4 is 31.1 Å². The van der Waals surface area contributed by atoms with Crippen LogP contribution in [0.25, 0.3) is 22.3 Å². The smallest absolute Gasteiger partial charge is 0.252 e. The molecule has 0 amide bonds. The molecule has 0 N–H and O–H groups in total. The number of rotatable bonds is 6. The Morgan fingerprint density at radius 3 is 1.69 bits per heavy atom. The Kier molecular flexibility index (Phi) is 9.62. The van der Waals surface area contributed by atoms with E-state index in [1.807, 2.05) is 23.1 Å². The molecule has 3 aliphatic rings. The van der Waals surface area contributed by atoms with Gasteiger partial charge >= 0.3 is 0 Å². The Labute approximate surface area is 448 Å². The molecular formula is C70H68BN3. The molecule has 0 fully saturated rings. The largest absolute Gasteiger partial charge is 0.311 e. The molecule has 0 spiro atoms. The van der Waals surface area contributed by atoms with Crippen LogP contribution >= 0.6 is 0 Å². The van der Waals surface area contributed by atoms with Gasteiger partial charge in [0.15, 0.2) is 0 Å². The molecule has 9 aromatic rings. The molecule has 0 radical (unpaired) electrons. The van der Waals surface area contributed by atoms with E-state index in [0.29, 0.717) is 11.4 Å². The summed E-state index contributed by atoms with van der Waals surface area (Å²) in [4.78, 5) is 6.82. The molecule has 74 heavy (non-hydrogen) atoms. The first kappa shape index (κ1) is 41.9. The van der Waals surface area contributed by atoms with E-state index in [-0.39, 0.29) is 46.1 Å². The highest BCUT2D eigenvalue weighted by Crippen LogP contribution is 2.53. The van der Waals surface area contributed by atoms with Gasteiger partial charge in [0.05, 0.1) is 12.5 Å². The number of benzene rings is 9.